The molecule has 4 atom stereocenters. The normalized spacial score (nSPS) is 39.8. The molecule has 0 aliphatic carbocycles. The Labute approximate surface area is 102 Å². The summed E-state index contributed by atoms with van der Waals surface area (Å²) in [5, 5.41) is 6.77. The minimum atomic E-state index is 0.902. The van der Waals surface area contributed by atoms with E-state index in [9.17, 15) is 0 Å². The fraction of sp³-hybridized carbons (Fsp3) is 1.00. The summed E-state index contributed by atoms with van der Waals surface area (Å²) in [6.45, 7) is 14.1. The minimum absolute atomic E-state index is 0.902. The Morgan fingerprint density at radius 3 is 0.938 bits per heavy atom. The van der Waals surface area contributed by atoms with Crippen molar-refractivity contribution in [1.29, 1.82) is 0 Å². The predicted molar refractivity (Wildman–Crippen MR) is 71.6 cm³/mol. The van der Waals surface area contributed by atoms with Gasteiger partial charge in [-0.05, 0) is 62.7 Å². The molecule has 2 aliphatic rings. The molecule has 0 radical (unpaired) electrons. The van der Waals surface area contributed by atoms with Crippen LogP contribution in [0.5, 0.6) is 0 Å². The monoisotopic (exact) mass is 226 g/mol. The quantitative estimate of drug-likeness (QED) is 0.663. The zero-order chi connectivity index (χ0) is 12.0. The average molecular weight is 226 g/mol. The van der Waals surface area contributed by atoms with Crippen LogP contribution in [0.25, 0.3) is 0 Å². The highest BCUT2D eigenvalue weighted by molar-refractivity contribution is 4.70. The minimum Gasteiger partial charge on any atom is -0.316 e. The summed E-state index contributed by atoms with van der Waals surface area (Å²) >= 11 is 0. The van der Waals surface area contributed by atoms with E-state index in [0.29, 0.717) is 0 Å². The molecule has 2 heteroatoms. The maximum Gasteiger partial charge on any atom is -0.00229 e. The van der Waals surface area contributed by atoms with Crippen molar-refractivity contribution in [2.45, 2.75) is 40.5 Å². The van der Waals surface area contributed by atoms with Crippen LogP contribution in [0.4, 0.5) is 0 Å². The van der Waals surface area contributed by atoms with Crippen molar-refractivity contribution in [3.8, 4) is 0 Å². The van der Waals surface area contributed by atoms with Gasteiger partial charge in [-0.15, -0.1) is 0 Å². The number of hydrogen-bond acceptors (Lipinski definition) is 2. The molecular weight excluding hydrogens is 196 g/mol. The van der Waals surface area contributed by atoms with E-state index < -0.39 is 0 Å². The summed E-state index contributed by atoms with van der Waals surface area (Å²) in [5.74, 6) is 3.61. The van der Waals surface area contributed by atoms with E-state index in [0.717, 1.165) is 23.7 Å². The number of rotatable bonds is 0. The summed E-state index contributed by atoms with van der Waals surface area (Å²) < 4.78 is 0. The van der Waals surface area contributed by atoms with Crippen LogP contribution in [0, 0.1) is 23.7 Å². The van der Waals surface area contributed by atoms with Crippen LogP contribution in [0.2, 0.25) is 0 Å². The van der Waals surface area contributed by atoms with Gasteiger partial charge in [0.25, 0.3) is 0 Å². The van der Waals surface area contributed by atoms with Crippen LogP contribution in [-0.4, -0.2) is 26.2 Å². The van der Waals surface area contributed by atoms with Crippen LogP contribution in [0.15, 0.2) is 0 Å². The van der Waals surface area contributed by atoms with Crippen LogP contribution in [-0.2, 0) is 0 Å². The van der Waals surface area contributed by atoms with Crippen LogP contribution < -0.4 is 10.6 Å². The van der Waals surface area contributed by atoms with Crippen LogP contribution >= 0.6 is 0 Å². The van der Waals surface area contributed by atoms with Gasteiger partial charge in [0.1, 0.15) is 0 Å². The van der Waals surface area contributed by atoms with Gasteiger partial charge in [-0.3, -0.25) is 0 Å². The zero-order valence-corrected chi connectivity index (χ0v) is 11.6. The number of hydrogen-bond donors (Lipinski definition) is 2. The molecule has 0 saturated carbocycles. The van der Waals surface area contributed by atoms with E-state index in [4.69, 9.17) is 0 Å². The Hall–Kier alpha value is -0.0800. The van der Waals surface area contributed by atoms with Crippen molar-refractivity contribution in [3.63, 3.8) is 0 Å². The van der Waals surface area contributed by atoms with Gasteiger partial charge in [-0.1, -0.05) is 27.7 Å². The first-order chi connectivity index (χ1) is 7.58. The van der Waals surface area contributed by atoms with E-state index in [2.05, 4.69) is 38.3 Å². The Balaban J connectivity index is 0.000000160. The molecule has 2 fully saturated rings. The molecule has 0 amide bonds. The van der Waals surface area contributed by atoms with E-state index >= 15 is 0 Å². The van der Waals surface area contributed by atoms with E-state index in [1.807, 2.05) is 0 Å². The van der Waals surface area contributed by atoms with E-state index in [1.54, 1.807) is 0 Å². The molecule has 0 bridgehead atoms. The molecule has 2 N–H and O–H groups in total. The largest absolute Gasteiger partial charge is 0.316 e. The Morgan fingerprint density at radius 1 is 0.562 bits per heavy atom. The number of nitrogens with one attached hydrogen (secondary N) is 2. The maximum absolute atomic E-state index is 3.38. The van der Waals surface area contributed by atoms with Crippen molar-refractivity contribution < 1.29 is 0 Å². The Kier molecular flexibility index (Phi) is 6.37. The molecule has 2 aliphatic heterocycles. The topological polar surface area (TPSA) is 24.1 Å². The second-order valence-electron chi connectivity index (χ2n) is 6.21. The van der Waals surface area contributed by atoms with Gasteiger partial charge < -0.3 is 10.6 Å². The third-order valence-corrected chi connectivity index (χ3v) is 3.58. The molecule has 2 nitrogen and oxygen atoms in total. The average Bonchev–Trinajstić information content (AvgIpc) is 2.17. The van der Waals surface area contributed by atoms with Crippen molar-refractivity contribution >= 4 is 0 Å². The molecule has 0 spiro atoms. The molecule has 16 heavy (non-hydrogen) atoms. The Bertz CT molecular complexity index is 146. The molecule has 2 rings (SSSR count). The molecule has 0 aromatic rings. The van der Waals surface area contributed by atoms with E-state index in [-0.39, 0.29) is 0 Å². The van der Waals surface area contributed by atoms with Crippen molar-refractivity contribution in [1.82, 2.24) is 10.6 Å². The lowest BCUT2D eigenvalue weighted by atomic mass is 9.94. The maximum atomic E-state index is 3.38. The van der Waals surface area contributed by atoms with Crippen molar-refractivity contribution in [2.75, 3.05) is 26.2 Å². The highest BCUT2D eigenvalue weighted by Gasteiger charge is 2.13. The van der Waals surface area contributed by atoms with Gasteiger partial charge in [0, 0.05) is 0 Å². The number of piperidine rings is 2. The van der Waals surface area contributed by atoms with Gasteiger partial charge in [0.05, 0.1) is 0 Å². The van der Waals surface area contributed by atoms with Gasteiger partial charge in [-0.2, -0.15) is 0 Å². The third kappa shape index (κ3) is 5.86. The zero-order valence-electron chi connectivity index (χ0n) is 11.6. The van der Waals surface area contributed by atoms with Crippen LogP contribution in [0.3, 0.4) is 0 Å². The summed E-state index contributed by atoms with van der Waals surface area (Å²) in [4.78, 5) is 0. The third-order valence-electron chi connectivity index (χ3n) is 3.58. The lowest BCUT2D eigenvalue weighted by molar-refractivity contribution is 0.321. The molecule has 0 aromatic carbocycles. The predicted octanol–water partition coefficient (Wildman–Crippen LogP) is 2.50. The molecule has 2 heterocycles. The fourth-order valence-electron chi connectivity index (χ4n) is 2.86. The summed E-state index contributed by atoms with van der Waals surface area (Å²) in [6, 6.07) is 0. The first kappa shape index (κ1) is 14.0. The first-order valence-electron chi connectivity index (χ1n) is 6.99. The van der Waals surface area contributed by atoms with Gasteiger partial charge >= 0.3 is 0 Å². The second-order valence-corrected chi connectivity index (χ2v) is 6.21. The standard InChI is InChI=1S/2C7H15N/c2*1-6-3-7(2)5-8-4-6/h2*6-8H,3-5H2,1-2H3/t2*6-,7+. The fourth-order valence-corrected chi connectivity index (χ4v) is 2.86. The summed E-state index contributed by atoms with van der Waals surface area (Å²) in [5.41, 5.74) is 0. The summed E-state index contributed by atoms with van der Waals surface area (Å²) in [6.07, 6.45) is 2.82. The first-order valence-corrected chi connectivity index (χ1v) is 6.99. The molecule has 0 unspecified atom stereocenters. The second kappa shape index (κ2) is 7.29. The van der Waals surface area contributed by atoms with Gasteiger partial charge in [-0.25, -0.2) is 0 Å². The highest BCUT2D eigenvalue weighted by atomic mass is 14.9. The van der Waals surface area contributed by atoms with Gasteiger partial charge in [0.15, 0.2) is 0 Å². The lowest BCUT2D eigenvalue weighted by Gasteiger charge is -2.24. The Morgan fingerprint density at radius 2 is 0.812 bits per heavy atom. The van der Waals surface area contributed by atoms with Gasteiger partial charge in [0.2, 0.25) is 0 Å². The lowest BCUT2D eigenvalue weighted by Crippen LogP contribution is -2.33. The van der Waals surface area contributed by atoms with E-state index in [1.165, 1.54) is 39.0 Å². The molecule has 2 saturated heterocycles. The van der Waals surface area contributed by atoms with Crippen LogP contribution in [0.1, 0.15) is 40.5 Å². The van der Waals surface area contributed by atoms with Crippen molar-refractivity contribution in [2.24, 2.45) is 23.7 Å². The van der Waals surface area contributed by atoms with Crippen molar-refractivity contribution in [3.05, 3.63) is 0 Å². The molecular formula is C14H30N2. The molecule has 96 valence electrons. The summed E-state index contributed by atoms with van der Waals surface area (Å²) in [7, 11) is 0. The molecule has 0 aromatic heterocycles. The highest BCUT2D eigenvalue weighted by Crippen LogP contribution is 2.14. The smallest absolute Gasteiger partial charge is 0.00229 e. The SMILES string of the molecule is C[C@@H]1CNC[C@H](C)C1.C[C@@H]1CNC[C@H](C)C1.